The number of hydrogen-bond acceptors (Lipinski definition) is 4. The fraction of sp³-hybridized carbons (Fsp3) is 0.750. The Labute approximate surface area is 94.2 Å². The number of carbonyl (C=O) groups is 2. The zero-order valence-corrected chi connectivity index (χ0v) is 9.13. The number of halogens is 1. The van der Waals surface area contributed by atoms with Gasteiger partial charge >= 0.3 is 5.97 Å². The van der Waals surface area contributed by atoms with Crippen molar-refractivity contribution in [3.63, 3.8) is 0 Å². The SMILES string of the molecule is Cl.N[C@@H](CCCCNC(=O)CO)C(=O)O. The van der Waals surface area contributed by atoms with E-state index in [1.54, 1.807) is 0 Å². The number of rotatable bonds is 7. The van der Waals surface area contributed by atoms with Gasteiger partial charge in [-0.3, -0.25) is 9.59 Å². The van der Waals surface area contributed by atoms with Crippen LogP contribution in [0.5, 0.6) is 0 Å². The molecule has 0 aliphatic rings. The lowest BCUT2D eigenvalue weighted by Gasteiger charge is -2.06. The van der Waals surface area contributed by atoms with Gasteiger partial charge in [-0.2, -0.15) is 0 Å². The Morgan fingerprint density at radius 3 is 2.40 bits per heavy atom. The lowest BCUT2D eigenvalue weighted by molar-refractivity contribution is -0.138. The van der Waals surface area contributed by atoms with E-state index in [2.05, 4.69) is 5.32 Å². The number of aliphatic carboxylic acids is 1. The van der Waals surface area contributed by atoms with Crippen LogP contribution >= 0.6 is 12.4 Å². The van der Waals surface area contributed by atoms with Crippen molar-refractivity contribution in [3.05, 3.63) is 0 Å². The highest BCUT2D eigenvalue weighted by Gasteiger charge is 2.09. The van der Waals surface area contributed by atoms with Crippen LogP contribution in [0.4, 0.5) is 0 Å². The second-order valence-electron chi connectivity index (χ2n) is 2.95. The normalized spacial score (nSPS) is 11.3. The summed E-state index contributed by atoms with van der Waals surface area (Å²) >= 11 is 0. The molecule has 0 spiro atoms. The van der Waals surface area contributed by atoms with Gasteiger partial charge in [-0.15, -0.1) is 12.4 Å². The van der Waals surface area contributed by atoms with E-state index >= 15 is 0 Å². The molecule has 1 atom stereocenters. The van der Waals surface area contributed by atoms with Crippen molar-refractivity contribution in [2.24, 2.45) is 5.73 Å². The molecule has 0 rings (SSSR count). The third-order valence-electron chi connectivity index (χ3n) is 1.72. The Morgan fingerprint density at radius 2 is 1.93 bits per heavy atom. The third kappa shape index (κ3) is 9.45. The summed E-state index contributed by atoms with van der Waals surface area (Å²) in [6.07, 6.45) is 1.69. The first-order valence-electron chi connectivity index (χ1n) is 4.44. The monoisotopic (exact) mass is 240 g/mol. The molecule has 0 aromatic rings. The van der Waals surface area contributed by atoms with Gasteiger partial charge in [0.25, 0.3) is 0 Å². The maximum atomic E-state index is 10.5. The molecule has 0 aromatic carbocycles. The topological polar surface area (TPSA) is 113 Å². The van der Waals surface area contributed by atoms with E-state index < -0.39 is 24.5 Å². The summed E-state index contributed by atoms with van der Waals surface area (Å²) in [7, 11) is 0. The number of aliphatic hydroxyl groups excluding tert-OH is 1. The number of nitrogens with one attached hydrogen (secondary N) is 1. The quantitative estimate of drug-likeness (QED) is 0.431. The van der Waals surface area contributed by atoms with Gasteiger partial charge in [-0.05, 0) is 19.3 Å². The molecule has 0 heterocycles. The molecule has 0 unspecified atom stereocenters. The molecular weight excluding hydrogens is 224 g/mol. The summed E-state index contributed by atoms with van der Waals surface area (Å²) in [6.45, 7) is -0.0830. The lowest BCUT2D eigenvalue weighted by Crippen LogP contribution is -2.30. The van der Waals surface area contributed by atoms with Gasteiger partial charge in [0.15, 0.2) is 0 Å². The van der Waals surface area contributed by atoms with Gasteiger partial charge in [0, 0.05) is 6.54 Å². The van der Waals surface area contributed by atoms with Gasteiger partial charge in [-0.1, -0.05) is 0 Å². The van der Waals surface area contributed by atoms with E-state index in [0.29, 0.717) is 25.8 Å². The minimum atomic E-state index is -1.01. The average Bonchev–Trinajstić information content (AvgIpc) is 2.16. The van der Waals surface area contributed by atoms with Gasteiger partial charge in [-0.25, -0.2) is 0 Å². The van der Waals surface area contributed by atoms with Crippen LogP contribution in [-0.2, 0) is 9.59 Å². The zero-order valence-electron chi connectivity index (χ0n) is 8.31. The Kier molecular flexibility index (Phi) is 10.7. The van der Waals surface area contributed by atoms with Crippen LogP contribution in [0.2, 0.25) is 0 Å². The highest BCUT2D eigenvalue weighted by atomic mass is 35.5. The number of aliphatic hydroxyl groups is 1. The smallest absolute Gasteiger partial charge is 0.320 e. The van der Waals surface area contributed by atoms with Crippen molar-refractivity contribution in [3.8, 4) is 0 Å². The predicted molar refractivity (Wildman–Crippen MR) is 56.8 cm³/mol. The van der Waals surface area contributed by atoms with Crippen LogP contribution in [0.25, 0.3) is 0 Å². The van der Waals surface area contributed by atoms with Crippen LogP contribution < -0.4 is 11.1 Å². The molecule has 0 saturated heterocycles. The number of hydrogen-bond donors (Lipinski definition) is 4. The van der Waals surface area contributed by atoms with E-state index in [1.165, 1.54) is 0 Å². The largest absolute Gasteiger partial charge is 0.480 e. The number of carboxylic acids is 1. The maximum Gasteiger partial charge on any atom is 0.320 e. The maximum absolute atomic E-state index is 10.5. The number of unbranched alkanes of at least 4 members (excludes halogenated alkanes) is 1. The predicted octanol–water partition coefficient (Wildman–Crippen LogP) is -0.901. The van der Waals surface area contributed by atoms with Crippen molar-refractivity contribution >= 4 is 24.3 Å². The summed E-state index contributed by atoms with van der Waals surface area (Å²) in [5, 5.41) is 19.2. The molecule has 0 aliphatic carbocycles. The van der Waals surface area contributed by atoms with E-state index in [0.717, 1.165) is 0 Å². The average molecular weight is 241 g/mol. The second-order valence-corrected chi connectivity index (χ2v) is 2.95. The summed E-state index contributed by atoms with van der Waals surface area (Å²) in [6, 6.07) is -0.830. The summed E-state index contributed by atoms with van der Waals surface area (Å²) in [4.78, 5) is 20.8. The molecule has 0 radical (unpaired) electrons. The molecular formula is C8H17ClN2O4. The fourth-order valence-corrected chi connectivity index (χ4v) is 0.896. The molecule has 5 N–H and O–H groups in total. The first-order valence-corrected chi connectivity index (χ1v) is 4.44. The van der Waals surface area contributed by atoms with Crippen LogP contribution in [0.15, 0.2) is 0 Å². The Bertz CT molecular complexity index is 201. The first-order chi connectivity index (χ1) is 6.57. The van der Waals surface area contributed by atoms with Gasteiger partial charge in [0.2, 0.25) is 5.91 Å². The van der Waals surface area contributed by atoms with Crippen molar-refractivity contribution in [2.75, 3.05) is 13.2 Å². The van der Waals surface area contributed by atoms with Crippen LogP contribution in [0.1, 0.15) is 19.3 Å². The van der Waals surface area contributed by atoms with E-state index in [1.807, 2.05) is 0 Å². The van der Waals surface area contributed by atoms with Crippen LogP contribution in [0.3, 0.4) is 0 Å². The molecule has 15 heavy (non-hydrogen) atoms. The molecule has 0 aliphatic heterocycles. The summed E-state index contributed by atoms with van der Waals surface area (Å²) in [5.74, 6) is -1.43. The molecule has 0 bridgehead atoms. The number of amides is 1. The minimum absolute atomic E-state index is 0. The summed E-state index contributed by atoms with van der Waals surface area (Å²) < 4.78 is 0. The number of nitrogens with two attached hydrogens (primary N) is 1. The number of carboxylic acid groups (broad SMARTS) is 1. The van der Waals surface area contributed by atoms with E-state index in [9.17, 15) is 9.59 Å². The molecule has 90 valence electrons. The van der Waals surface area contributed by atoms with Crippen molar-refractivity contribution in [2.45, 2.75) is 25.3 Å². The lowest BCUT2D eigenvalue weighted by atomic mass is 10.1. The molecule has 0 saturated carbocycles. The molecule has 7 heteroatoms. The minimum Gasteiger partial charge on any atom is -0.480 e. The Morgan fingerprint density at radius 1 is 1.33 bits per heavy atom. The van der Waals surface area contributed by atoms with E-state index in [-0.39, 0.29) is 12.4 Å². The number of carbonyl (C=O) groups excluding carboxylic acids is 1. The Hall–Kier alpha value is -0.850. The summed E-state index contributed by atoms with van der Waals surface area (Å²) in [5.41, 5.74) is 5.26. The third-order valence-corrected chi connectivity index (χ3v) is 1.72. The standard InChI is InChI=1S/C8H16N2O4.ClH/c9-6(8(13)14)3-1-2-4-10-7(12)5-11;/h6,11H,1-5,9H2,(H,10,12)(H,13,14);1H/t6-;/m0./s1. The Balaban J connectivity index is 0. The second kappa shape index (κ2) is 9.70. The van der Waals surface area contributed by atoms with E-state index in [4.69, 9.17) is 15.9 Å². The van der Waals surface area contributed by atoms with Crippen molar-refractivity contribution in [1.82, 2.24) is 5.32 Å². The zero-order chi connectivity index (χ0) is 11.0. The first kappa shape index (κ1) is 16.6. The highest BCUT2D eigenvalue weighted by Crippen LogP contribution is 1.97. The fourth-order valence-electron chi connectivity index (χ4n) is 0.896. The molecule has 0 fully saturated rings. The van der Waals surface area contributed by atoms with Crippen LogP contribution in [-0.4, -0.2) is 41.3 Å². The molecule has 0 aromatic heterocycles. The van der Waals surface area contributed by atoms with Crippen LogP contribution in [0, 0.1) is 0 Å². The van der Waals surface area contributed by atoms with Crippen molar-refractivity contribution < 1.29 is 19.8 Å². The van der Waals surface area contributed by atoms with Gasteiger partial charge in [0.1, 0.15) is 12.6 Å². The van der Waals surface area contributed by atoms with Gasteiger partial charge in [0.05, 0.1) is 0 Å². The van der Waals surface area contributed by atoms with Crippen molar-refractivity contribution in [1.29, 1.82) is 0 Å². The van der Waals surface area contributed by atoms with Gasteiger partial charge < -0.3 is 21.3 Å². The molecule has 6 nitrogen and oxygen atoms in total. The highest BCUT2D eigenvalue weighted by molar-refractivity contribution is 5.85. The molecule has 1 amide bonds.